The van der Waals surface area contributed by atoms with Gasteiger partial charge in [-0.1, -0.05) is 37.5 Å². The number of carbonyl (C=O) groups is 2. The number of carbonyl (C=O) groups excluding carboxylic acids is 2. The molecule has 0 bridgehead atoms. The number of fused-ring (bicyclic) bond motifs is 5. The molecule has 428 valence electrons. The van der Waals surface area contributed by atoms with E-state index in [1.165, 1.54) is 13.0 Å². The van der Waals surface area contributed by atoms with Crippen LogP contribution in [0.25, 0.3) is 0 Å². The summed E-state index contributed by atoms with van der Waals surface area (Å²) >= 11 is 0. The molecule has 3 saturated carbocycles. The normalized spacial score (nSPS) is 49.3. The van der Waals surface area contributed by atoms with Crippen LogP contribution in [0.2, 0.25) is 0 Å². The summed E-state index contributed by atoms with van der Waals surface area (Å²) in [7, 11) is 6.49. The first-order valence-electron chi connectivity index (χ1n) is 27.7. The van der Waals surface area contributed by atoms with Crippen LogP contribution in [0.5, 0.6) is 0 Å². The third-order valence-electron chi connectivity index (χ3n) is 19.4. The third kappa shape index (κ3) is 10.8. The van der Waals surface area contributed by atoms with Crippen LogP contribution >= 0.6 is 0 Å². The predicted molar refractivity (Wildman–Crippen MR) is 269 cm³/mol. The lowest BCUT2D eigenvalue weighted by Gasteiger charge is -2.67. The molecular formula is C56H90O19. The molecular weight excluding hydrogens is 977 g/mol. The third-order valence-corrected chi connectivity index (χ3v) is 19.4. The van der Waals surface area contributed by atoms with E-state index in [-0.39, 0.29) is 37.9 Å². The molecule has 19 heteroatoms. The fourth-order valence-corrected chi connectivity index (χ4v) is 14.9. The van der Waals surface area contributed by atoms with Gasteiger partial charge in [-0.2, -0.15) is 0 Å². The van der Waals surface area contributed by atoms with Crippen LogP contribution in [-0.2, 0) is 71.2 Å². The number of hydrogen-bond donors (Lipinski definition) is 4. The summed E-state index contributed by atoms with van der Waals surface area (Å²) in [5, 5.41) is 48.5. The summed E-state index contributed by atoms with van der Waals surface area (Å²) in [4.78, 5) is 26.8. The monoisotopic (exact) mass is 1070 g/mol. The molecule has 19 nitrogen and oxygen atoms in total. The summed E-state index contributed by atoms with van der Waals surface area (Å²) < 4.78 is 81.6. The highest BCUT2D eigenvalue weighted by molar-refractivity contribution is 5.87. The van der Waals surface area contributed by atoms with Gasteiger partial charge in [-0.05, 0) is 105 Å². The van der Waals surface area contributed by atoms with Crippen LogP contribution in [0.1, 0.15) is 146 Å². The Balaban J connectivity index is 0.876. The Morgan fingerprint density at radius 2 is 1.16 bits per heavy atom. The lowest BCUT2D eigenvalue weighted by Crippen LogP contribution is -2.78. The molecule has 0 spiro atoms. The van der Waals surface area contributed by atoms with Crippen LogP contribution < -0.4 is 0 Å². The molecule has 75 heavy (non-hydrogen) atoms. The van der Waals surface area contributed by atoms with Crippen molar-refractivity contribution in [1.29, 1.82) is 0 Å². The molecule has 4 aliphatic carbocycles. The maximum atomic E-state index is 13.5. The number of esters is 1. The Hall–Kier alpha value is -2.02. The van der Waals surface area contributed by atoms with E-state index in [9.17, 15) is 30.0 Å². The number of allylic oxidation sites excluding steroid dienone is 1. The molecule has 0 radical (unpaired) electrons. The van der Waals surface area contributed by atoms with E-state index < -0.39 is 144 Å². The molecule has 4 heterocycles. The number of Topliss-reactive ketones (excluding diaryl/α,β-unsaturated/α-hetero) is 1. The fourth-order valence-electron chi connectivity index (χ4n) is 14.9. The Morgan fingerprint density at radius 3 is 1.64 bits per heavy atom. The summed E-state index contributed by atoms with van der Waals surface area (Å²) in [5.74, 6) is -1.68. The van der Waals surface area contributed by atoms with Crippen molar-refractivity contribution in [2.24, 2.45) is 16.7 Å². The van der Waals surface area contributed by atoms with E-state index in [0.29, 0.717) is 51.4 Å². The number of aliphatic hydroxyl groups excluding tert-OH is 1. The maximum Gasteiger partial charge on any atom is 0.330 e. The topological polar surface area (TPSA) is 235 Å². The van der Waals surface area contributed by atoms with Gasteiger partial charge in [-0.3, -0.25) is 4.79 Å². The van der Waals surface area contributed by atoms with E-state index in [4.69, 9.17) is 61.6 Å². The summed E-state index contributed by atoms with van der Waals surface area (Å²) in [6.07, 6.45) is -0.868. The Morgan fingerprint density at radius 1 is 0.680 bits per heavy atom. The number of rotatable bonds is 17. The van der Waals surface area contributed by atoms with Crippen molar-refractivity contribution in [3.05, 3.63) is 23.3 Å². The van der Waals surface area contributed by atoms with Gasteiger partial charge in [0.05, 0.1) is 60.4 Å². The SMILES string of the molecule is CCC/C(C)=C/C(=O)OC1CC2C3(C)CCC(OC4CC(OC)C(OC5CC(OC)C(OC6CC(OC)C(OC7CC(OC)C(O)C(C)O7)C(C)O6)C(C)O5)C(C)O4)CC3=CCC2(O)C2(O)CCC(O)(C(C)=O)C12C. The van der Waals surface area contributed by atoms with Gasteiger partial charge in [0.2, 0.25) is 0 Å². The van der Waals surface area contributed by atoms with Crippen molar-refractivity contribution < 1.29 is 91.6 Å². The quantitative estimate of drug-likeness (QED) is 0.0825. The highest BCUT2D eigenvalue weighted by atomic mass is 16.8. The standard InChI is InChI=1S/C56H90O19/c1-14-15-29(2)22-43(58)72-42-28-41-52(8)18-17-36(23-35(52)16-19-55(41,61)56(62)21-20-54(60,34(7)57)53(42,56)9)71-44-25-38(64-11)49(31(4)68-44)74-46-27-40(66-13)51(33(6)70-46)75-47-26-39(65-12)50(32(5)69-47)73-45-24-37(63-10)48(59)30(3)67-45/h16,22,30-33,36-42,44-51,59-62H,14-15,17-21,23-28H2,1-13H3/b29-22+. The lowest BCUT2D eigenvalue weighted by atomic mass is 9.42. The molecule has 4 N–H and O–H groups in total. The number of hydrogen-bond acceptors (Lipinski definition) is 19. The van der Waals surface area contributed by atoms with Crippen molar-refractivity contribution >= 4 is 11.8 Å². The predicted octanol–water partition coefficient (Wildman–Crippen LogP) is 5.27. The van der Waals surface area contributed by atoms with Gasteiger partial charge in [-0.25, -0.2) is 4.79 Å². The van der Waals surface area contributed by atoms with Gasteiger partial charge in [-0.15, -0.1) is 0 Å². The first kappa shape index (κ1) is 59.1. The summed E-state index contributed by atoms with van der Waals surface area (Å²) in [6.45, 7) is 16.5. The average Bonchev–Trinajstić information content (AvgIpc) is 3.60. The van der Waals surface area contributed by atoms with Crippen LogP contribution in [0.3, 0.4) is 0 Å². The molecule has 24 atom stereocenters. The highest BCUT2D eigenvalue weighted by Gasteiger charge is 2.81. The van der Waals surface area contributed by atoms with Crippen LogP contribution in [0, 0.1) is 16.7 Å². The van der Waals surface area contributed by atoms with E-state index in [0.717, 1.165) is 17.6 Å². The Kier molecular flexibility index (Phi) is 18.3. The maximum absolute atomic E-state index is 13.5. The molecule has 0 aromatic carbocycles. The van der Waals surface area contributed by atoms with Gasteiger partial charge in [0.15, 0.2) is 30.9 Å². The first-order chi connectivity index (χ1) is 35.4. The molecule has 24 unspecified atom stereocenters. The average molecular weight is 1070 g/mol. The second-order valence-corrected chi connectivity index (χ2v) is 23.6. The molecule has 0 amide bonds. The second-order valence-electron chi connectivity index (χ2n) is 23.6. The van der Waals surface area contributed by atoms with Crippen molar-refractivity contribution in [2.45, 2.75) is 273 Å². The molecule has 0 aromatic rings. The summed E-state index contributed by atoms with van der Waals surface area (Å²) in [5.41, 5.74) is -6.04. The minimum absolute atomic E-state index is 0.0306. The summed E-state index contributed by atoms with van der Waals surface area (Å²) in [6, 6.07) is 0. The number of methoxy groups -OCH3 is 4. The minimum Gasteiger partial charge on any atom is -0.458 e. The van der Waals surface area contributed by atoms with Crippen LogP contribution in [-0.4, -0.2) is 188 Å². The van der Waals surface area contributed by atoms with Gasteiger partial charge >= 0.3 is 5.97 Å². The molecule has 7 fully saturated rings. The minimum atomic E-state index is -2.02. The van der Waals surface area contributed by atoms with Gasteiger partial charge in [0.1, 0.15) is 47.3 Å². The van der Waals surface area contributed by atoms with Crippen molar-refractivity contribution in [3.8, 4) is 0 Å². The lowest BCUT2D eigenvalue weighted by molar-refractivity contribution is -0.347. The van der Waals surface area contributed by atoms with Crippen LogP contribution in [0.15, 0.2) is 23.3 Å². The van der Waals surface area contributed by atoms with Gasteiger partial charge < -0.3 is 82.0 Å². The van der Waals surface area contributed by atoms with E-state index in [2.05, 4.69) is 6.92 Å². The first-order valence-corrected chi connectivity index (χ1v) is 27.7. The van der Waals surface area contributed by atoms with E-state index in [1.807, 2.05) is 40.7 Å². The van der Waals surface area contributed by atoms with Crippen molar-refractivity contribution in [2.75, 3.05) is 28.4 Å². The Bertz CT molecular complexity index is 2050. The van der Waals surface area contributed by atoms with Gasteiger partial charge in [0, 0.05) is 66.1 Å². The molecule has 8 aliphatic rings. The smallest absolute Gasteiger partial charge is 0.330 e. The fraction of sp³-hybridized carbons (Fsp3) is 0.893. The molecule has 4 saturated heterocycles. The number of ketones is 1. The second kappa shape index (κ2) is 23.2. The van der Waals surface area contributed by atoms with E-state index in [1.54, 1.807) is 42.3 Å². The van der Waals surface area contributed by atoms with Crippen LogP contribution in [0.4, 0.5) is 0 Å². The number of aliphatic hydroxyl groups is 4. The zero-order chi connectivity index (χ0) is 54.6. The zero-order valence-corrected chi connectivity index (χ0v) is 46.7. The van der Waals surface area contributed by atoms with E-state index >= 15 is 0 Å². The Labute approximate surface area is 443 Å². The van der Waals surface area contributed by atoms with Crippen molar-refractivity contribution in [3.63, 3.8) is 0 Å². The molecule has 4 aliphatic heterocycles. The molecule has 8 rings (SSSR count). The molecule has 0 aromatic heterocycles. The highest BCUT2D eigenvalue weighted by Crippen LogP contribution is 2.71. The largest absolute Gasteiger partial charge is 0.458 e. The zero-order valence-electron chi connectivity index (χ0n) is 46.7. The number of ether oxygens (including phenoxy) is 13. The van der Waals surface area contributed by atoms with Crippen molar-refractivity contribution in [1.82, 2.24) is 0 Å². The van der Waals surface area contributed by atoms with Gasteiger partial charge in [0.25, 0.3) is 0 Å².